The van der Waals surface area contributed by atoms with Gasteiger partial charge in [-0.05, 0) is 6.08 Å². The molecule has 0 aliphatic heterocycles. The Hall–Kier alpha value is -2.04. The molecular formula is C10H18N2O3. The lowest BCUT2D eigenvalue weighted by Gasteiger charge is -2.10. The number of amides is 2. The predicted molar refractivity (Wildman–Crippen MR) is 60.6 cm³/mol. The van der Waals surface area contributed by atoms with Crippen molar-refractivity contribution in [1.29, 1.82) is 0 Å². The molecule has 0 saturated heterocycles. The number of hydrogen-bond acceptors (Lipinski definition) is 3. The molecule has 0 aromatic heterocycles. The van der Waals surface area contributed by atoms with E-state index in [1.165, 1.54) is 19.3 Å². The normalized spacial score (nSPS) is 10.3. The Bertz CT molecular complexity index is 328. The van der Waals surface area contributed by atoms with Gasteiger partial charge in [0.15, 0.2) is 0 Å². The van der Waals surface area contributed by atoms with Crippen LogP contribution in [0.15, 0.2) is 36.8 Å². The molecule has 0 aromatic rings. The van der Waals surface area contributed by atoms with Crippen LogP contribution in [0.1, 0.15) is 9.27 Å². The summed E-state index contributed by atoms with van der Waals surface area (Å²) >= 11 is 0. The number of carbonyl (C=O) groups is 2. The molecule has 0 aromatic carbocycles. The molecule has 15 heavy (non-hydrogen) atoms. The maximum absolute atomic E-state index is 11.2. The summed E-state index contributed by atoms with van der Waals surface area (Å²) in [6.07, 6.45) is 2.58. The first kappa shape index (κ1) is 13.0. The van der Waals surface area contributed by atoms with Gasteiger partial charge in [-0.3, -0.25) is 9.59 Å². The minimum absolute atomic E-state index is 0. The molecule has 0 unspecified atom stereocenters. The van der Waals surface area contributed by atoms with Crippen molar-refractivity contribution in [2.24, 2.45) is 5.73 Å². The molecule has 0 bridgehead atoms. The number of methoxy groups -OCH3 is 1. The number of nitrogens with one attached hydrogen (secondary N) is 1. The quantitative estimate of drug-likeness (QED) is 0.388. The van der Waals surface area contributed by atoms with Crippen LogP contribution < -0.4 is 11.1 Å². The van der Waals surface area contributed by atoms with Crippen molar-refractivity contribution < 1.29 is 17.2 Å². The van der Waals surface area contributed by atoms with Crippen molar-refractivity contribution in [3.05, 3.63) is 36.8 Å². The Balaban J connectivity index is -0.000000980. The molecule has 0 aliphatic carbocycles. The molecule has 0 radical (unpaired) electrons. The molecule has 5 nitrogen and oxygen atoms in total. The van der Waals surface area contributed by atoms with Crippen molar-refractivity contribution >= 4 is 11.8 Å². The van der Waals surface area contributed by atoms with Gasteiger partial charge in [0.2, 0.25) is 11.8 Å². The van der Waals surface area contributed by atoms with Gasteiger partial charge < -0.3 is 15.8 Å². The maximum Gasteiger partial charge on any atom is 0.233 e. The fourth-order valence-electron chi connectivity index (χ4n) is 0.785. The van der Waals surface area contributed by atoms with Crippen molar-refractivity contribution in [2.45, 2.75) is 6.42 Å². The monoisotopic (exact) mass is 214 g/mol. The van der Waals surface area contributed by atoms with E-state index in [4.69, 9.17) is 10.5 Å². The van der Waals surface area contributed by atoms with Gasteiger partial charge in [-0.2, -0.15) is 0 Å². The summed E-state index contributed by atoms with van der Waals surface area (Å²) in [6, 6.07) is 0. The number of carbonyl (C=O) groups excluding carboxylic acids is 2. The molecule has 0 fully saturated rings. The molecular weight excluding hydrogens is 196 g/mol. The second-order valence-electron chi connectivity index (χ2n) is 2.63. The van der Waals surface area contributed by atoms with Crippen LogP contribution >= 0.6 is 0 Å². The smallest absolute Gasteiger partial charge is 0.233 e. The Morgan fingerprint density at radius 1 is 1.60 bits per heavy atom. The van der Waals surface area contributed by atoms with Crippen LogP contribution in [-0.4, -0.2) is 18.9 Å². The molecule has 0 rings (SSSR count). The fourth-order valence-corrected chi connectivity index (χ4v) is 0.785. The summed E-state index contributed by atoms with van der Waals surface area (Å²) in [7, 11) is 1.42. The van der Waals surface area contributed by atoms with Crippen LogP contribution in [0.4, 0.5) is 0 Å². The van der Waals surface area contributed by atoms with Crippen LogP contribution in [0.2, 0.25) is 0 Å². The van der Waals surface area contributed by atoms with Gasteiger partial charge >= 0.3 is 0 Å². The number of nitrogens with two attached hydrogens (primary N) is 1. The number of primary amides is 1. The summed E-state index contributed by atoms with van der Waals surface area (Å²) in [5.41, 5.74) is 5.20. The molecule has 0 atom stereocenters. The van der Waals surface area contributed by atoms with E-state index in [0.29, 0.717) is 5.70 Å². The minimum atomic E-state index is -0.700. The number of hydrogen-bond donors (Lipinski definition) is 2. The van der Waals surface area contributed by atoms with E-state index in [1.54, 1.807) is 0 Å². The Kier molecular flexibility index (Phi) is 5.55. The Morgan fingerprint density at radius 2 is 2.20 bits per heavy atom. The summed E-state index contributed by atoms with van der Waals surface area (Å²) in [5, 5.41) is 2.43. The molecule has 0 heterocycles. The second kappa shape index (κ2) is 6.42. The average molecular weight is 214 g/mol. The van der Waals surface area contributed by atoms with Crippen molar-refractivity contribution in [3.63, 3.8) is 0 Å². The lowest BCUT2D eigenvalue weighted by Crippen LogP contribution is -2.28. The van der Waals surface area contributed by atoms with E-state index in [9.17, 15) is 9.59 Å². The third kappa shape index (κ3) is 5.30. The third-order valence-electron chi connectivity index (χ3n) is 1.44. The minimum Gasteiger partial charge on any atom is -0.495 e. The maximum atomic E-state index is 11.2. The Labute approximate surface area is 91.3 Å². The van der Waals surface area contributed by atoms with Gasteiger partial charge in [0.25, 0.3) is 0 Å². The van der Waals surface area contributed by atoms with Gasteiger partial charge in [-0.25, -0.2) is 0 Å². The van der Waals surface area contributed by atoms with Crippen molar-refractivity contribution in [3.8, 4) is 0 Å². The molecule has 86 valence electrons. The fraction of sp³-hybridized carbons (Fsp3) is 0.200. The van der Waals surface area contributed by atoms with E-state index in [2.05, 4.69) is 18.5 Å². The average Bonchev–Trinajstić information content (AvgIpc) is 2.14. The molecule has 0 saturated carbocycles. The SMILES string of the molecule is C=C/C=C(/NC(=O)CC(N)=O)C(=C)OC.[HH].[HH]. The Morgan fingerprint density at radius 3 is 2.60 bits per heavy atom. The molecule has 0 spiro atoms. The van der Waals surface area contributed by atoms with Crippen LogP contribution in [-0.2, 0) is 14.3 Å². The van der Waals surface area contributed by atoms with Crippen molar-refractivity contribution in [2.75, 3.05) is 7.11 Å². The van der Waals surface area contributed by atoms with Crippen LogP contribution in [0.25, 0.3) is 0 Å². The van der Waals surface area contributed by atoms with Crippen LogP contribution in [0.3, 0.4) is 0 Å². The zero-order valence-corrected chi connectivity index (χ0v) is 8.58. The zero-order valence-electron chi connectivity index (χ0n) is 8.58. The van der Waals surface area contributed by atoms with E-state index in [0.717, 1.165) is 0 Å². The number of allylic oxidation sites excluding steroid dienone is 2. The molecule has 3 N–H and O–H groups in total. The van der Waals surface area contributed by atoms with Gasteiger partial charge in [-0.15, -0.1) is 0 Å². The molecule has 5 heteroatoms. The lowest BCUT2D eigenvalue weighted by molar-refractivity contribution is -0.127. The number of ether oxygens (including phenoxy) is 1. The highest BCUT2D eigenvalue weighted by Gasteiger charge is 2.09. The lowest BCUT2D eigenvalue weighted by atomic mass is 10.3. The van der Waals surface area contributed by atoms with Gasteiger partial charge in [0, 0.05) is 2.85 Å². The van der Waals surface area contributed by atoms with E-state index < -0.39 is 11.8 Å². The highest BCUT2D eigenvalue weighted by Crippen LogP contribution is 2.04. The van der Waals surface area contributed by atoms with E-state index in [-0.39, 0.29) is 15.0 Å². The largest absolute Gasteiger partial charge is 0.495 e. The second-order valence-corrected chi connectivity index (χ2v) is 2.63. The van der Waals surface area contributed by atoms with Gasteiger partial charge in [-0.1, -0.05) is 19.2 Å². The highest BCUT2D eigenvalue weighted by molar-refractivity contribution is 5.96. The van der Waals surface area contributed by atoms with Crippen molar-refractivity contribution in [1.82, 2.24) is 5.32 Å². The third-order valence-corrected chi connectivity index (χ3v) is 1.44. The van der Waals surface area contributed by atoms with Crippen LogP contribution in [0, 0.1) is 0 Å². The van der Waals surface area contributed by atoms with Gasteiger partial charge in [0.1, 0.15) is 12.2 Å². The van der Waals surface area contributed by atoms with E-state index in [1.807, 2.05) is 0 Å². The first-order valence-electron chi connectivity index (χ1n) is 4.15. The number of rotatable bonds is 6. The predicted octanol–water partition coefficient (Wildman–Crippen LogP) is 0.700. The first-order chi connectivity index (χ1) is 7.01. The summed E-state index contributed by atoms with van der Waals surface area (Å²) < 4.78 is 4.83. The molecule has 0 aliphatic rings. The zero-order chi connectivity index (χ0) is 11.8. The standard InChI is InChI=1S/C10H14N2O3.2H2/c1-4-5-8(7(2)15-3)12-10(14)6-9(11)13;;/h4-5H,1-2,6H2,3H3,(H2,11,13)(H,12,14);2*1H/b8-5+;;. The summed E-state index contributed by atoms with van der Waals surface area (Å²) in [5.74, 6) is -0.949. The highest BCUT2D eigenvalue weighted by atomic mass is 16.5. The molecule has 2 amide bonds. The first-order valence-corrected chi connectivity index (χ1v) is 4.15. The summed E-state index contributed by atoms with van der Waals surface area (Å²) in [4.78, 5) is 21.6. The van der Waals surface area contributed by atoms with Crippen LogP contribution in [0.5, 0.6) is 0 Å². The van der Waals surface area contributed by atoms with E-state index >= 15 is 0 Å². The summed E-state index contributed by atoms with van der Waals surface area (Å²) in [6.45, 7) is 7.02. The topological polar surface area (TPSA) is 81.4 Å². The van der Waals surface area contributed by atoms with Gasteiger partial charge in [0.05, 0.1) is 12.8 Å².